The van der Waals surface area contributed by atoms with Crippen molar-refractivity contribution in [3.8, 4) is 11.5 Å². The summed E-state index contributed by atoms with van der Waals surface area (Å²) in [4.78, 5) is 2.49. The predicted molar refractivity (Wildman–Crippen MR) is 110 cm³/mol. The molecule has 28 heavy (non-hydrogen) atoms. The van der Waals surface area contributed by atoms with Crippen LogP contribution < -0.4 is 15.2 Å². The number of ether oxygens (including phenoxy) is 2. The van der Waals surface area contributed by atoms with E-state index in [-0.39, 0.29) is 17.3 Å². The summed E-state index contributed by atoms with van der Waals surface area (Å²) in [5.41, 5.74) is 7.71. The molecule has 152 valence electrons. The number of hydrogen-bond acceptors (Lipinski definition) is 6. The molecule has 2 aromatic rings. The second kappa shape index (κ2) is 8.57. The van der Waals surface area contributed by atoms with Gasteiger partial charge in [-0.25, -0.2) is 8.42 Å². The van der Waals surface area contributed by atoms with Crippen molar-refractivity contribution in [1.29, 1.82) is 0 Å². The Balaban J connectivity index is 0.00000225. The molecular formula is C19H24ClN3O4S. The Kier molecular flexibility index (Phi) is 6.34. The highest BCUT2D eigenvalue weighted by molar-refractivity contribution is 7.89. The number of rotatable bonds is 4. The lowest BCUT2D eigenvalue weighted by molar-refractivity contribution is 0.170. The fourth-order valence-electron chi connectivity index (χ4n) is 3.41. The zero-order valence-corrected chi connectivity index (χ0v) is 17.0. The van der Waals surface area contributed by atoms with Gasteiger partial charge in [0.2, 0.25) is 10.0 Å². The highest BCUT2D eigenvalue weighted by atomic mass is 35.5. The minimum absolute atomic E-state index is 0. The van der Waals surface area contributed by atoms with Gasteiger partial charge in [-0.1, -0.05) is 12.1 Å². The minimum Gasteiger partial charge on any atom is -0.486 e. The van der Waals surface area contributed by atoms with Gasteiger partial charge in [-0.2, -0.15) is 4.31 Å². The first kappa shape index (κ1) is 20.7. The molecule has 2 N–H and O–H groups in total. The van der Waals surface area contributed by atoms with E-state index in [2.05, 4.69) is 4.90 Å². The van der Waals surface area contributed by atoms with Crippen molar-refractivity contribution in [2.75, 3.05) is 45.1 Å². The van der Waals surface area contributed by atoms with E-state index in [0.29, 0.717) is 50.9 Å². The highest BCUT2D eigenvalue weighted by Crippen LogP contribution is 2.33. The van der Waals surface area contributed by atoms with Crippen molar-refractivity contribution in [1.82, 2.24) is 9.21 Å². The molecule has 0 aromatic heterocycles. The molecule has 0 aliphatic carbocycles. The Bertz CT molecular complexity index is 931. The van der Waals surface area contributed by atoms with Crippen LogP contribution in [0, 0.1) is 0 Å². The van der Waals surface area contributed by atoms with Crippen molar-refractivity contribution >= 4 is 28.1 Å². The number of hydrogen-bond donors (Lipinski definition) is 1. The fourth-order valence-corrected chi connectivity index (χ4v) is 4.85. The molecule has 1 saturated heterocycles. The lowest BCUT2D eigenvalue weighted by atomic mass is 10.2. The van der Waals surface area contributed by atoms with Crippen molar-refractivity contribution < 1.29 is 17.9 Å². The molecule has 7 nitrogen and oxygen atoms in total. The van der Waals surface area contributed by atoms with Crippen molar-refractivity contribution in [3.63, 3.8) is 0 Å². The number of halogens is 1. The molecular weight excluding hydrogens is 402 g/mol. The van der Waals surface area contributed by atoms with Gasteiger partial charge in [0, 0.05) is 44.5 Å². The lowest BCUT2D eigenvalue weighted by Crippen LogP contribution is -2.48. The second-order valence-electron chi connectivity index (χ2n) is 6.73. The Morgan fingerprint density at radius 2 is 1.64 bits per heavy atom. The maximum Gasteiger partial charge on any atom is 0.243 e. The van der Waals surface area contributed by atoms with Gasteiger partial charge >= 0.3 is 0 Å². The topological polar surface area (TPSA) is 85.1 Å². The molecule has 2 aromatic carbocycles. The molecule has 0 saturated carbocycles. The van der Waals surface area contributed by atoms with Crippen LogP contribution in [-0.4, -0.2) is 57.0 Å². The van der Waals surface area contributed by atoms with E-state index in [1.54, 1.807) is 18.2 Å². The molecule has 2 aliphatic heterocycles. The van der Waals surface area contributed by atoms with Gasteiger partial charge in [-0.3, -0.25) is 4.90 Å². The molecule has 9 heteroatoms. The Labute approximate surface area is 171 Å². The van der Waals surface area contributed by atoms with E-state index in [0.717, 1.165) is 17.8 Å². The second-order valence-corrected chi connectivity index (χ2v) is 8.67. The predicted octanol–water partition coefficient (Wildman–Crippen LogP) is 1.97. The molecule has 0 bridgehead atoms. The van der Waals surface area contributed by atoms with Crippen LogP contribution in [0.1, 0.15) is 5.56 Å². The smallest absolute Gasteiger partial charge is 0.243 e. The molecule has 0 unspecified atom stereocenters. The first-order valence-corrected chi connectivity index (χ1v) is 10.4. The average Bonchev–Trinajstić information content (AvgIpc) is 2.68. The number of nitrogens with zero attached hydrogens (tertiary/aromatic N) is 2. The molecule has 2 heterocycles. The van der Waals surface area contributed by atoms with Crippen LogP contribution in [0.25, 0.3) is 0 Å². The van der Waals surface area contributed by atoms with Crippen LogP contribution in [-0.2, 0) is 16.6 Å². The van der Waals surface area contributed by atoms with Crippen LogP contribution in [0.2, 0.25) is 0 Å². The van der Waals surface area contributed by atoms with E-state index in [4.69, 9.17) is 15.2 Å². The maximum atomic E-state index is 13.0. The third-order valence-corrected chi connectivity index (χ3v) is 6.73. The first-order chi connectivity index (χ1) is 13.0. The average molecular weight is 426 g/mol. The number of nitrogen functional groups attached to an aromatic ring is 1. The van der Waals surface area contributed by atoms with E-state index in [1.165, 1.54) is 4.31 Å². The minimum atomic E-state index is -3.55. The van der Waals surface area contributed by atoms with Gasteiger partial charge in [0.05, 0.1) is 4.90 Å². The quantitative estimate of drug-likeness (QED) is 0.754. The molecule has 0 atom stereocenters. The van der Waals surface area contributed by atoms with E-state index in [1.807, 2.05) is 24.3 Å². The number of anilines is 1. The van der Waals surface area contributed by atoms with Crippen molar-refractivity contribution in [2.45, 2.75) is 11.4 Å². The van der Waals surface area contributed by atoms with Gasteiger partial charge in [0.25, 0.3) is 0 Å². The summed E-state index contributed by atoms with van der Waals surface area (Å²) in [6, 6.07) is 12.6. The van der Waals surface area contributed by atoms with Crippen molar-refractivity contribution in [2.24, 2.45) is 0 Å². The van der Waals surface area contributed by atoms with Crippen molar-refractivity contribution in [3.05, 3.63) is 48.0 Å². The zero-order chi connectivity index (χ0) is 18.9. The van der Waals surface area contributed by atoms with Crippen LogP contribution in [0.5, 0.6) is 11.5 Å². The molecule has 0 radical (unpaired) electrons. The van der Waals surface area contributed by atoms with Crippen LogP contribution in [0.3, 0.4) is 0 Å². The molecule has 4 rings (SSSR count). The first-order valence-electron chi connectivity index (χ1n) is 8.99. The number of nitrogens with two attached hydrogens (primary N) is 1. The van der Waals surface area contributed by atoms with Crippen LogP contribution >= 0.6 is 12.4 Å². The summed E-state index contributed by atoms with van der Waals surface area (Å²) >= 11 is 0. The monoisotopic (exact) mass is 425 g/mol. The van der Waals surface area contributed by atoms with E-state index < -0.39 is 10.0 Å². The molecule has 1 fully saturated rings. The summed E-state index contributed by atoms with van der Waals surface area (Å²) in [5, 5.41) is 0. The van der Waals surface area contributed by atoms with Gasteiger partial charge < -0.3 is 15.2 Å². The van der Waals surface area contributed by atoms with Gasteiger partial charge in [-0.15, -0.1) is 12.4 Å². The lowest BCUT2D eigenvalue weighted by Gasteiger charge is -2.34. The molecule has 0 spiro atoms. The maximum absolute atomic E-state index is 13.0. The number of benzene rings is 2. The van der Waals surface area contributed by atoms with Gasteiger partial charge in [0.1, 0.15) is 13.2 Å². The zero-order valence-electron chi connectivity index (χ0n) is 15.4. The SMILES string of the molecule is Cl.Nc1cccc(CN2CCN(S(=O)(=O)c3ccc4c(c3)OCCO4)CC2)c1. The van der Waals surface area contributed by atoms with Crippen LogP contribution in [0.4, 0.5) is 5.69 Å². The Morgan fingerprint density at radius 3 is 2.36 bits per heavy atom. The normalized spacial score (nSPS) is 17.7. The van der Waals surface area contributed by atoms with E-state index in [9.17, 15) is 8.42 Å². The number of sulfonamides is 1. The van der Waals surface area contributed by atoms with E-state index >= 15 is 0 Å². The Morgan fingerprint density at radius 1 is 0.929 bits per heavy atom. The summed E-state index contributed by atoms with van der Waals surface area (Å²) in [6.45, 7) is 3.95. The summed E-state index contributed by atoms with van der Waals surface area (Å²) in [6.07, 6.45) is 0. The third-order valence-electron chi connectivity index (χ3n) is 4.84. The number of piperazine rings is 1. The van der Waals surface area contributed by atoms with Crippen LogP contribution in [0.15, 0.2) is 47.4 Å². The Hall–Kier alpha value is -2.00. The van der Waals surface area contributed by atoms with Gasteiger partial charge in [0.15, 0.2) is 11.5 Å². The van der Waals surface area contributed by atoms with Gasteiger partial charge in [-0.05, 0) is 29.8 Å². The largest absolute Gasteiger partial charge is 0.486 e. The molecule has 2 aliphatic rings. The summed E-state index contributed by atoms with van der Waals surface area (Å²) in [7, 11) is -3.55. The highest BCUT2D eigenvalue weighted by Gasteiger charge is 2.29. The number of fused-ring (bicyclic) bond motifs is 1. The third kappa shape index (κ3) is 4.35. The fraction of sp³-hybridized carbons (Fsp3) is 0.368. The molecule has 0 amide bonds. The standard InChI is InChI=1S/C19H23N3O4S.ClH/c20-16-3-1-2-15(12-16)14-21-6-8-22(9-7-21)27(23,24)17-4-5-18-19(13-17)26-11-10-25-18;/h1-5,12-13H,6-11,14,20H2;1H. The summed E-state index contributed by atoms with van der Waals surface area (Å²) < 4.78 is 38.5. The summed E-state index contributed by atoms with van der Waals surface area (Å²) in [5.74, 6) is 1.08.